The molecule has 3 N–H and O–H groups in total. The van der Waals surface area contributed by atoms with Gasteiger partial charge in [0.2, 0.25) is 0 Å². The van der Waals surface area contributed by atoms with Crippen LogP contribution in [0.4, 0.5) is 0 Å². The molecule has 1 unspecified atom stereocenters. The molecule has 142 valence electrons. The number of hydrogen-bond acceptors (Lipinski definition) is 3. The van der Waals surface area contributed by atoms with Crippen molar-refractivity contribution < 1.29 is 9.84 Å². The average Bonchev–Trinajstić information content (AvgIpc) is 3.01. The van der Waals surface area contributed by atoms with Gasteiger partial charge in [0.1, 0.15) is 0 Å². The van der Waals surface area contributed by atoms with Gasteiger partial charge in [0.05, 0.1) is 13.2 Å². The standard InChI is InChI=1S/C18H35N3O2.HI/c1-3-19-17(20-12-16-6-4-15(2)5-7-16)21-13-18(8-10-22)9-11-23-14-18;/h15-16,22H,3-14H2,1-2H3,(H2,19,20,21);1H. The fourth-order valence-corrected chi connectivity index (χ4v) is 3.65. The van der Waals surface area contributed by atoms with Crippen LogP contribution in [0.1, 0.15) is 52.4 Å². The number of aliphatic hydroxyl groups is 1. The van der Waals surface area contributed by atoms with Crippen molar-refractivity contribution in [2.24, 2.45) is 22.2 Å². The lowest BCUT2D eigenvalue weighted by molar-refractivity contribution is 0.131. The van der Waals surface area contributed by atoms with Gasteiger partial charge in [0.25, 0.3) is 0 Å². The minimum atomic E-state index is 0. The fourth-order valence-electron chi connectivity index (χ4n) is 3.65. The molecule has 0 spiro atoms. The fraction of sp³-hybridized carbons (Fsp3) is 0.944. The minimum Gasteiger partial charge on any atom is -0.396 e. The van der Waals surface area contributed by atoms with Gasteiger partial charge in [-0.3, -0.25) is 4.99 Å². The van der Waals surface area contributed by atoms with Gasteiger partial charge in [-0.15, -0.1) is 24.0 Å². The molecule has 0 amide bonds. The zero-order valence-corrected chi connectivity index (χ0v) is 17.7. The quantitative estimate of drug-likeness (QED) is 0.315. The molecule has 1 heterocycles. The number of aliphatic hydroxyl groups excluding tert-OH is 1. The molecular weight excluding hydrogens is 417 g/mol. The normalized spacial score (nSPS) is 30.7. The Balaban J connectivity index is 0.00000288. The van der Waals surface area contributed by atoms with E-state index in [1.165, 1.54) is 25.7 Å². The number of halogens is 1. The lowest BCUT2D eigenvalue weighted by Crippen LogP contribution is -2.41. The molecule has 2 aliphatic rings. The molecule has 5 nitrogen and oxygen atoms in total. The van der Waals surface area contributed by atoms with E-state index in [2.05, 4.69) is 24.5 Å². The monoisotopic (exact) mass is 453 g/mol. The summed E-state index contributed by atoms with van der Waals surface area (Å²) in [5.74, 6) is 2.58. The van der Waals surface area contributed by atoms with Crippen molar-refractivity contribution in [1.82, 2.24) is 10.6 Å². The Morgan fingerprint density at radius 2 is 2.00 bits per heavy atom. The second-order valence-corrected chi connectivity index (χ2v) is 7.48. The highest BCUT2D eigenvalue weighted by molar-refractivity contribution is 14.0. The van der Waals surface area contributed by atoms with E-state index in [9.17, 15) is 5.11 Å². The first kappa shape index (κ1) is 22.0. The molecule has 1 aliphatic carbocycles. The highest BCUT2D eigenvalue weighted by Crippen LogP contribution is 2.32. The van der Waals surface area contributed by atoms with Gasteiger partial charge in [0, 0.05) is 31.7 Å². The first-order valence-electron chi connectivity index (χ1n) is 9.38. The van der Waals surface area contributed by atoms with Gasteiger partial charge < -0.3 is 20.5 Å². The Hall–Kier alpha value is -0.0800. The SMILES string of the molecule is CCNC(=NCC1(CCO)CCOC1)NCC1CCC(C)CC1.I. The van der Waals surface area contributed by atoms with Crippen molar-refractivity contribution in [3.63, 3.8) is 0 Å². The molecule has 24 heavy (non-hydrogen) atoms. The molecule has 1 atom stereocenters. The Kier molecular flexibility index (Phi) is 10.5. The predicted octanol–water partition coefficient (Wildman–Crippen LogP) is 2.77. The van der Waals surface area contributed by atoms with E-state index in [1.54, 1.807) is 0 Å². The van der Waals surface area contributed by atoms with Gasteiger partial charge in [-0.05, 0) is 44.4 Å². The van der Waals surface area contributed by atoms with Crippen LogP contribution in [0.5, 0.6) is 0 Å². The highest BCUT2D eigenvalue weighted by atomic mass is 127. The van der Waals surface area contributed by atoms with Crippen molar-refractivity contribution in [2.75, 3.05) is 39.5 Å². The van der Waals surface area contributed by atoms with E-state index in [4.69, 9.17) is 9.73 Å². The van der Waals surface area contributed by atoms with Crippen LogP contribution in [0.3, 0.4) is 0 Å². The van der Waals surface area contributed by atoms with E-state index < -0.39 is 0 Å². The number of aliphatic imine (C=N–C) groups is 1. The lowest BCUT2D eigenvalue weighted by atomic mass is 9.83. The molecular formula is C18H36IN3O2. The number of rotatable bonds is 7. The molecule has 2 rings (SSSR count). The largest absolute Gasteiger partial charge is 0.396 e. The number of nitrogens with zero attached hydrogens (tertiary/aromatic N) is 1. The van der Waals surface area contributed by atoms with Crippen LogP contribution in [-0.4, -0.2) is 50.5 Å². The van der Waals surface area contributed by atoms with E-state index >= 15 is 0 Å². The Morgan fingerprint density at radius 1 is 1.25 bits per heavy atom. The Morgan fingerprint density at radius 3 is 2.58 bits per heavy atom. The van der Waals surface area contributed by atoms with Gasteiger partial charge in [-0.2, -0.15) is 0 Å². The van der Waals surface area contributed by atoms with E-state index in [1.807, 2.05) is 0 Å². The number of nitrogens with one attached hydrogen (secondary N) is 2. The molecule has 0 aromatic heterocycles. The number of hydrogen-bond donors (Lipinski definition) is 3. The highest BCUT2D eigenvalue weighted by Gasteiger charge is 2.34. The number of ether oxygens (including phenoxy) is 1. The zero-order valence-electron chi connectivity index (χ0n) is 15.4. The van der Waals surface area contributed by atoms with Crippen LogP contribution >= 0.6 is 24.0 Å². The Labute approximate surface area is 164 Å². The van der Waals surface area contributed by atoms with E-state index in [0.717, 1.165) is 63.5 Å². The molecule has 0 aromatic rings. The van der Waals surface area contributed by atoms with Crippen LogP contribution in [0.2, 0.25) is 0 Å². The minimum absolute atomic E-state index is 0. The molecule has 0 radical (unpaired) electrons. The lowest BCUT2D eigenvalue weighted by Gasteiger charge is -2.27. The second kappa shape index (κ2) is 11.5. The summed E-state index contributed by atoms with van der Waals surface area (Å²) in [5.41, 5.74) is 0.0252. The smallest absolute Gasteiger partial charge is 0.191 e. The van der Waals surface area contributed by atoms with Gasteiger partial charge in [-0.25, -0.2) is 0 Å². The molecule has 0 bridgehead atoms. The summed E-state index contributed by atoms with van der Waals surface area (Å²) in [5, 5.41) is 16.2. The summed E-state index contributed by atoms with van der Waals surface area (Å²) in [6.07, 6.45) is 7.15. The van der Waals surface area contributed by atoms with Crippen molar-refractivity contribution in [3.8, 4) is 0 Å². The first-order valence-corrected chi connectivity index (χ1v) is 9.38. The van der Waals surface area contributed by atoms with Gasteiger partial charge >= 0.3 is 0 Å². The molecule has 2 fully saturated rings. The van der Waals surface area contributed by atoms with Crippen molar-refractivity contribution >= 4 is 29.9 Å². The average molecular weight is 453 g/mol. The summed E-state index contributed by atoms with van der Waals surface area (Å²) in [7, 11) is 0. The summed E-state index contributed by atoms with van der Waals surface area (Å²) < 4.78 is 5.55. The maximum atomic E-state index is 9.32. The van der Waals surface area contributed by atoms with Crippen LogP contribution in [0.15, 0.2) is 4.99 Å². The van der Waals surface area contributed by atoms with Crippen molar-refractivity contribution in [2.45, 2.75) is 52.4 Å². The van der Waals surface area contributed by atoms with Crippen LogP contribution in [0, 0.1) is 17.3 Å². The van der Waals surface area contributed by atoms with Gasteiger partial charge in [-0.1, -0.05) is 19.8 Å². The third-order valence-corrected chi connectivity index (χ3v) is 5.44. The topological polar surface area (TPSA) is 65.9 Å². The summed E-state index contributed by atoms with van der Waals surface area (Å²) in [4.78, 5) is 4.79. The Bertz CT molecular complexity index is 365. The van der Waals surface area contributed by atoms with Gasteiger partial charge in [0.15, 0.2) is 5.96 Å². The summed E-state index contributed by atoms with van der Waals surface area (Å²) in [6.45, 7) is 8.80. The third kappa shape index (κ3) is 7.04. The molecule has 6 heteroatoms. The van der Waals surface area contributed by atoms with Crippen molar-refractivity contribution in [1.29, 1.82) is 0 Å². The second-order valence-electron chi connectivity index (χ2n) is 7.48. The first-order chi connectivity index (χ1) is 11.2. The molecule has 1 aliphatic heterocycles. The third-order valence-electron chi connectivity index (χ3n) is 5.44. The van der Waals surface area contributed by atoms with Crippen LogP contribution < -0.4 is 10.6 Å². The maximum absolute atomic E-state index is 9.32. The summed E-state index contributed by atoms with van der Waals surface area (Å²) >= 11 is 0. The van der Waals surface area contributed by atoms with Crippen molar-refractivity contribution in [3.05, 3.63) is 0 Å². The molecule has 0 aromatic carbocycles. The molecule has 1 saturated heterocycles. The zero-order chi connectivity index (χ0) is 16.5. The predicted molar refractivity (Wildman–Crippen MR) is 110 cm³/mol. The molecule has 1 saturated carbocycles. The number of guanidine groups is 1. The van der Waals surface area contributed by atoms with Crippen LogP contribution in [0.25, 0.3) is 0 Å². The maximum Gasteiger partial charge on any atom is 0.191 e. The summed E-state index contributed by atoms with van der Waals surface area (Å²) in [6, 6.07) is 0. The van der Waals surface area contributed by atoms with E-state index in [0.29, 0.717) is 0 Å². The van der Waals surface area contributed by atoms with E-state index in [-0.39, 0.29) is 36.0 Å². The van der Waals surface area contributed by atoms with Crippen LogP contribution in [-0.2, 0) is 4.74 Å².